The molecule has 1 saturated heterocycles. The molecule has 0 unspecified atom stereocenters. The molecule has 128 valence electrons. The number of morpholine rings is 1. The van der Waals surface area contributed by atoms with Gasteiger partial charge in [0.2, 0.25) is 0 Å². The van der Waals surface area contributed by atoms with E-state index in [2.05, 4.69) is 16.3 Å². The van der Waals surface area contributed by atoms with Crippen molar-refractivity contribution in [1.29, 1.82) is 0 Å². The largest absolute Gasteiger partial charge is 0.395 e. The molecule has 2 aliphatic rings. The number of aliphatic hydroxyl groups is 1. The highest BCUT2D eigenvalue weighted by atomic mass is 16.5. The van der Waals surface area contributed by atoms with Crippen LogP contribution in [-0.4, -0.2) is 61.3 Å². The van der Waals surface area contributed by atoms with Gasteiger partial charge in [-0.15, -0.1) is 0 Å². The smallest absolute Gasteiger partial charge is 0.277 e. The summed E-state index contributed by atoms with van der Waals surface area (Å²) >= 11 is 0. The first-order chi connectivity index (χ1) is 11.6. The van der Waals surface area contributed by atoms with E-state index in [1.165, 1.54) is 6.08 Å². The van der Waals surface area contributed by atoms with Gasteiger partial charge in [0.1, 0.15) is 5.70 Å². The maximum absolute atomic E-state index is 12.2. The molecule has 0 bridgehead atoms. The number of hydrogen-bond donors (Lipinski definition) is 2. The van der Waals surface area contributed by atoms with Crippen molar-refractivity contribution in [3.63, 3.8) is 0 Å². The molecule has 0 saturated carbocycles. The topological polar surface area (TPSA) is 82.1 Å². The van der Waals surface area contributed by atoms with E-state index in [1.807, 2.05) is 19.1 Å². The Bertz CT molecular complexity index is 680. The molecule has 2 aliphatic heterocycles. The Balaban J connectivity index is 1.73. The number of nitrogens with zero attached hydrogens (tertiary/aromatic N) is 2. The van der Waals surface area contributed by atoms with Crippen molar-refractivity contribution >= 4 is 23.2 Å². The maximum atomic E-state index is 12.2. The average molecular weight is 331 g/mol. The summed E-state index contributed by atoms with van der Waals surface area (Å²) in [7, 11) is 0. The third-order valence-corrected chi connectivity index (χ3v) is 4.19. The van der Waals surface area contributed by atoms with E-state index in [0.717, 1.165) is 48.1 Å². The van der Waals surface area contributed by atoms with Crippen LogP contribution < -0.4 is 10.2 Å². The lowest BCUT2D eigenvalue weighted by molar-refractivity contribution is -0.137. The predicted molar refractivity (Wildman–Crippen MR) is 89.7 cm³/mol. The van der Waals surface area contributed by atoms with Crippen molar-refractivity contribution in [3.8, 4) is 0 Å². The van der Waals surface area contributed by atoms with E-state index in [4.69, 9.17) is 9.84 Å². The Morgan fingerprint density at radius 3 is 2.67 bits per heavy atom. The normalized spacial score (nSPS) is 18.2. The number of nitrogens with one attached hydrogen (secondary N) is 1. The van der Waals surface area contributed by atoms with Crippen molar-refractivity contribution in [2.75, 3.05) is 49.7 Å². The molecule has 2 heterocycles. The minimum absolute atomic E-state index is 0.00823. The predicted octanol–water partition coefficient (Wildman–Crippen LogP) is 0.489. The molecule has 1 aromatic carbocycles. The lowest BCUT2D eigenvalue weighted by atomic mass is 10.1. The number of rotatable bonds is 5. The Morgan fingerprint density at radius 2 is 2.00 bits per heavy atom. The van der Waals surface area contributed by atoms with Gasteiger partial charge >= 0.3 is 0 Å². The van der Waals surface area contributed by atoms with Crippen LogP contribution >= 0.6 is 0 Å². The molecule has 0 aromatic heterocycles. The highest BCUT2D eigenvalue weighted by molar-refractivity contribution is 6.17. The summed E-state index contributed by atoms with van der Waals surface area (Å²) in [5, 5.41) is 12.0. The van der Waals surface area contributed by atoms with Gasteiger partial charge in [-0.2, -0.15) is 0 Å². The van der Waals surface area contributed by atoms with Crippen LogP contribution in [0.5, 0.6) is 0 Å². The minimum Gasteiger partial charge on any atom is -0.395 e. The second-order valence-corrected chi connectivity index (χ2v) is 5.80. The van der Waals surface area contributed by atoms with Crippen LogP contribution in [-0.2, 0) is 14.3 Å². The number of carbonyl (C=O) groups excluding carboxylic acids is 2. The van der Waals surface area contributed by atoms with Crippen LogP contribution in [0.1, 0.15) is 5.56 Å². The number of imide groups is 1. The number of amides is 2. The fraction of sp³-hybridized carbons (Fsp3) is 0.412. The highest BCUT2D eigenvalue weighted by Crippen LogP contribution is 2.25. The van der Waals surface area contributed by atoms with Crippen LogP contribution in [0.3, 0.4) is 0 Å². The fourth-order valence-corrected chi connectivity index (χ4v) is 2.86. The monoisotopic (exact) mass is 331 g/mol. The summed E-state index contributed by atoms with van der Waals surface area (Å²) in [4.78, 5) is 27.2. The number of ether oxygens (including phenoxy) is 1. The summed E-state index contributed by atoms with van der Waals surface area (Å²) in [5.41, 5.74) is 3.12. The molecule has 0 atom stereocenters. The molecule has 0 spiro atoms. The summed E-state index contributed by atoms with van der Waals surface area (Å²) in [6.45, 7) is 4.90. The van der Waals surface area contributed by atoms with Crippen molar-refractivity contribution in [3.05, 3.63) is 35.5 Å². The van der Waals surface area contributed by atoms with Crippen LogP contribution in [0, 0.1) is 6.92 Å². The van der Waals surface area contributed by atoms with E-state index in [-0.39, 0.29) is 18.8 Å². The molecule has 0 radical (unpaired) electrons. The molecule has 1 aromatic rings. The molecular formula is C17H21N3O4. The highest BCUT2D eigenvalue weighted by Gasteiger charge is 2.30. The van der Waals surface area contributed by atoms with E-state index in [9.17, 15) is 9.59 Å². The van der Waals surface area contributed by atoms with Crippen molar-refractivity contribution in [2.24, 2.45) is 0 Å². The first-order valence-corrected chi connectivity index (χ1v) is 7.99. The van der Waals surface area contributed by atoms with Crippen LogP contribution in [0.15, 0.2) is 30.0 Å². The standard InChI is InChI=1S/C17H21N3O4/c1-12-10-13(19-5-8-24-9-6-19)2-3-14(12)18-15-11-16(22)20(4-7-21)17(15)23/h2-3,10-11,18,21H,4-9H2,1H3. The zero-order chi connectivity index (χ0) is 17.1. The summed E-state index contributed by atoms with van der Waals surface area (Å²) < 4.78 is 5.36. The number of hydrogen-bond acceptors (Lipinski definition) is 6. The molecule has 7 heteroatoms. The number of carbonyl (C=O) groups is 2. The SMILES string of the molecule is Cc1cc(N2CCOCC2)ccc1NC1=CC(=O)N(CCO)C1=O. The van der Waals surface area contributed by atoms with Gasteiger partial charge in [-0.1, -0.05) is 0 Å². The number of aryl methyl sites for hydroxylation is 1. The van der Waals surface area contributed by atoms with Gasteiger partial charge in [0.25, 0.3) is 11.8 Å². The van der Waals surface area contributed by atoms with Gasteiger partial charge in [-0.3, -0.25) is 14.5 Å². The van der Waals surface area contributed by atoms with Gasteiger partial charge in [-0.25, -0.2) is 0 Å². The molecule has 2 amide bonds. The fourth-order valence-electron chi connectivity index (χ4n) is 2.86. The zero-order valence-electron chi connectivity index (χ0n) is 13.6. The lowest BCUT2D eigenvalue weighted by Gasteiger charge is -2.29. The number of anilines is 2. The van der Waals surface area contributed by atoms with Crippen LogP contribution in [0.2, 0.25) is 0 Å². The third kappa shape index (κ3) is 3.27. The van der Waals surface area contributed by atoms with Gasteiger partial charge < -0.3 is 20.1 Å². The summed E-state index contributed by atoms with van der Waals surface area (Å²) in [5.74, 6) is -0.815. The van der Waals surface area contributed by atoms with E-state index >= 15 is 0 Å². The first kappa shape index (κ1) is 16.5. The maximum Gasteiger partial charge on any atom is 0.277 e. The molecule has 24 heavy (non-hydrogen) atoms. The van der Waals surface area contributed by atoms with E-state index < -0.39 is 11.8 Å². The Morgan fingerprint density at radius 1 is 1.25 bits per heavy atom. The molecule has 1 fully saturated rings. The van der Waals surface area contributed by atoms with E-state index in [1.54, 1.807) is 0 Å². The minimum atomic E-state index is -0.411. The van der Waals surface area contributed by atoms with Gasteiger partial charge in [0.05, 0.1) is 26.4 Å². The molecule has 7 nitrogen and oxygen atoms in total. The zero-order valence-corrected chi connectivity index (χ0v) is 13.6. The third-order valence-electron chi connectivity index (χ3n) is 4.19. The van der Waals surface area contributed by atoms with Crippen LogP contribution in [0.4, 0.5) is 11.4 Å². The van der Waals surface area contributed by atoms with Gasteiger partial charge in [-0.05, 0) is 30.7 Å². The Labute approximate surface area is 140 Å². The number of aliphatic hydroxyl groups excluding tert-OH is 1. The number of benzene rings is 1. The molecule has 3 rings (SSSR count). The lowest BCUT2D eigenvalue weighted by Crippen LogP contribution is -2.36. The first-order valence-electron chi connectivity index (χ1n) is 7.99. The Hall–Kier alpha value is -2.38. The molecule has 0 aliphatic carbocycles. The van der Waals surface area contributed by atoms with Crippen molar-refractivity contribution in [1.82, 2.24) is 4.90 Å². The average Bonchev–Trinajstić information content (AvgIpc) is 2.85. The summed E-state index contributed by atoms with van der Waals surface area (Å²) in [6.07, 6.45) is 1.27. The number of β-amino-alcohol motifs (C(OH)–C–C–N with tert-alkyl or cyclic N) is 1. The molecule has 2 N–H and O–H groups in total. The Kier molecular flexibility index (Phi) is 4.82. The van der Waals surface area contributed by atoms with Crippen LogP contribution in [0.25, 0.3) is 0 Å². The molecular weight excluding hydrogens is 310 g/mol. The van der Waals surface area contributed by atoms with Crippen molar-refractivity contribution in [2.45, 2.75) is 6.92 Å². The quantitative estimate of drug-likeness (QED) is 0.764. The second kappa shape index (κ2) is 7.02. The van der Waals surface area contributed by atoms with Crippen molar-refractivity contribution < 1.29 is 19.4 Å². The van der Waals surface area contributed by atoms with Gasteiger partial charge in [0, 0.05) is 30.5 Å². The van der Waals surface area contributed by atoms with E-state index in [0.29, 0.717) is 0 Å². The summed E-state index contributed by atoms with van der Waals surface area (Å²) in [6, 6.07) is 5.96. The second-order valence-electron chi connectivity index (χ2n) is 5.80. The van der Waals surface area contributed by atoms with Gasteiger partial charge in [0.15, 0.2) is 0 Å².